The first-order chi connectivity index (χ1) is 7.61. The van der Waals surface area contributed by atoms with Crippen LogP contribution in [0.3, 0.4) is 0 Å². The standard InChI is InChI=1S/C12H13NO3/c1-8(2)6-13-11-4-3-9(7-14)5-10(11)12(15)16-13/h3-5,7-8H,6H2,1-2H3. The van der Waals surface area contributed by atoms with Gasteiger partial charge < -0.3 is 4.52 Å². The van der Waals surface area contributed by atoms with E-state index in [1.807, 2.05) is 13.8 Å². The lowest BCUT2D eigenvalue weighted by atomic mass is 10.1. The Morgan fingerprint density at radius 3 is 2.81 bits per heavy atom. The molecule has 0 saturated heterocycles. The topological polar surface area (TPSA) is 52.2 Å². The maximum Gasteiger partial charge on any atom is 0.365 e. The SMILES string of the molecule is CC(C)Cn1oc(=O)c2cc(C=O)ccc21. The highest BCUT2D eigenvalue weighted by Crippen LogP contribution is 2.14. The predicted octanol–water partition coefficient (Wildman–Crippen LogP) is 2.06. The van der Waals surface area contributed by atoms with Gasteiger partial charge in [-0.15, -0.1) is 0 Å². The summed E-state index contributed by atoms with van der Waals surface area (Å²) >= 11 is 0. The molecule has 2 rings (SSSR count). The van der Waals surface area contributed by atoms with E-state index in [1.165, 1.54) is 0 Å². The molecule has 1 aromatic carbocycles. The minimum absolute atomic E-state index is 0.389. The number of nitrogens with zero attached hydrogens (tertiary/aromatic N) is 1. The zero-order valence-electron chi connectivity index (χ0n) is 9.27. The molecule has 16 heavy (non-hydrogen) atoms. The third-order valence-corrected chi connectivity index (χ3v) is 2.37. The summed E-state index contributed by atoms with van der Waals surface area (Å²) in [5, 5.41) is 0.463. The van der Waals surface area contributed by atoms with Gasteiger partial charge in [0, 0.05) is 5.56 Å². The number of hydrogen-bond acceptors (Lipinski definition) is 3. The summed E-state index contributed by atoms with van der Waals surface area (Å²) in [7, 11) is 0. The Balaban J connectivity index is 2.62. The highest BCUT2D eigenvalue weighted by atomic mass is 16.5. The van der Waals surface area contributed by atoms with Crippen molar-refractivity contribution >= 4 is 17.2 Å². The van der Waals surface area contributed by atoms with E-state index in [-0.39, 0.29) is 5.63 Å². The van der Waals surface area contributed by atoms with Crippen molar-refractivity contribution in [1.29, 1.82) is 0 Å². The number of carbonyl (C=O) groups is 1. The lowest BCUT2D eigenvalue weighted by Crippen LogP contribution is -2.03. The van der Waals surface area contributed by atoms with Crippen LogP contribution in [0.1, 0.15) is 24.2 Å². The third-order valence-electron chi connectivity index (χ3n) is 2.37. The second-order valence-corrected chi connectivity index (χ2v) is 4.23. The molecule has 1 aromatic heterocycles. The van der Waals surface area contributed by atoms with E-state index in [4.69, 9.17) is 4.52 Å². The Morgan fingerprint density at radius 1 is 1.44 bits per heavy atom. The first kappa shape index (κ1) is 10.7. The first-order valence-corrected chi connectivity index (χ1v) is 5.21. The highest BCUT2D eigenvalue weighted by molar-refractivity contribution is 5.86. The lowest BCUT2D eigenvalue weighted by Gasteiger charge is -2.04. The highest BCUT2D eigenvalue weighted by Gasteiger charge is 2.10. The summed E-state index contributed by atoms with van der Waals surface area (Å²) in [6.45, 7) is 4.75. The van der Waals surface area contributed by atoms with Gasteiger partial charge in [-0.2, -0.15) is 0 Å². The van der Waals surface area contributed by atoms with Crippen LogP contribution in [0.15, 0.2) is 27.5 Å². The van der Waals surface area contributed by atoms with Crippen molar-refractivity contribution in [1.82, 2.24) is 4.74 Å². The molecule has 0 radical (unpaired) electrons. The molecule has 0 aliphatic carbocycles. The molecule has 4 heteroatoms. The number of carbonyl (C=O) groups excluding carboxylic acids is 1. The van der Waals surface area contributed by atoms with Crippen molar-refractivity contribution in [3.8, 4) is 0 Å². The van der Waals surface area contributed by atoms with Gasteiger partial charge >= 0.3 is 5.63 Å². The van der Waals surface area contributed by atoms with Crippen molar-refractivity contribution in [2.45, 2.75) is 20.4 Å². The molecule has 2 aromatic rings. The molecule has 4 nitrogen and oxygen atoms in total. The van der Waals surface area contributed by atoms with Crippen LogP contribution >= 0.6 is 0 Å². The molecule has 84 valence electrons. The molecule has 0 N–H and O–H groups in total. The first-order valence-electron chi connectivity index (χ1n) is 5.21. The maximum atomic E-state index is 11.5. The molecule has 0 bridgehead atoms. The monoisotopic (exact) mass is 219 g/mol. The van der Waals surface area contributed by atoms with Gasteiger partial charge in [-0.25, -0.2) is 9.53 Å². The van der Waals surface area contributed by atoms with E-state index >= 15 is 0 Å². The van der Waals surface area contributed by atoms with Crippen molar-refractivity contribution in [2.24, 2.45) is 5.92 Å². The molecular formula is C12H13NO3. The van der Waals surface area contributed by atoms with Gasteiger partial charge in [0.2, 0.25) is 0 Å². The lowest BCUT2D eigenvalue weighted by molar-refractivity contribution is 0.112. The van der Waals surface area contributed by atoms with Crippen molar-refractivity contribution in [2.75, 3.05) is 0 Å². The van der Waals surface area contributed by atoms with E-state index < -0.39 is 0 Å². The number of hydrogen-bond donors (Lipinski definition) is 0. The fraction of sp³-hybridized carbons (Fsp3) is 0.333. The number of fused-ring (bicyclic) bond motifs is 1. The third kappa shape index (κ3) is 1.78. The molecule has 0 atom stereocenters. The Bertz CT molecular complexity index is 577. The summed E-state index contributed by atoms with van der Waals surface area (Å²) in [5.41, 5.74) is 0.839. The molecule has 0 aliphatic heterocycles. The second kappa shape index (κ2) is 3.96. The average molecular weight is 219 g/mol. The summed E-state index contributed by atoms with van der Waals surface area (Å²) in [6.07, 6.45) is 0.721. The summed E-state index contributed by atoms with van der Waals surface area (Å²) in [6, 6.07) is 4.98. The van der Waals surface area contributed by atoms with Crippen LogP contribution in [0.25, 0.3) is 10.9 Å². The largest absolute Gasteiger partial charge is 0.365 e. The van der Waals surface area contributed by atoms with Gasteiger partial charge in [0.15, 0.2) is 0 Å². The molecule has 0 fully saturated rings. The molecule has 1 heterocycles. The zero-order chi connectivity index (χ0) is 11.7. The minimum Gasteiger partial charge on any atom is -0.335 e. The quantitative estimate of drug-likeness (QED) is 0.742. The molecule has 0 aliphatic rings. The molecular weight excluding hydrogens is 206 g/mol. The van der Waals surface area contributed by atoms with Gasteiger partial charge in [0.1, 0.15) is 6.29 Å². The van der Waals surface area contributed by atoms with E-state index in [2.05, 4.69) is 0 Å². The van der Waals surface area contributed by atoms with Gasteiger partial charge in [-0.3, -0.25) is 4.79 Å². The molecule has 0 unspecified atom stereocenters. The van der Waals surface area contributed by atoms with Gasteiger partial charge in [-0.05, 0) is 24.1 Å². The normalized spacial score (nSPS) is 11.2. The fourth-order valence-electron chi connectivity index (χ4n) is 1.67. The second-order valence-electron chi connectivity index (χ2n) is 4.23. The van der Waals surface area contributed by atoms with Crippen LogP contribution in [0, 0.1) is 5.92 Å². The van der Waals surface area contributed by atoms with Gasteiger partial charge in [0.05, 0.1) is 17.4 Å². The molecule has 0 amide bonds. The van der Waals surface area contributed by atoms with E-state index in [9.17, 15) is 9.59 Å². The average Bonchev–Trinajstić information content (AvgIpc) is 2.54. The van der Waals surface area contributed by atoms with Crippen LogP contribution in [0.5, 0.6) is 0 Å². The van der Waals surface area contributed by atoms with E-state index in [0.29, 0.717) is 23.4 Å². The summed E-state index contributed by atoms with van der Waals surface area (Å²) in [4.78, 5) is 22.2. The van der Waals surface area contributed by atoms with Gasteiger partial charge in [-0.1, -0.05) is 13.8 Å². The smallest absolute Gasteiger partial charge is 0.335 e. The summed E-state index contributed by atoms with van der Waals surface area (Å²) in [5.74, 6) is 0.393. The Hall–Kier alpha value is -1.84. The van der Waals surface area contributed by atoms with Gasteiger partial charge in [0.25, 0.3) is 0 Å². The zero-order valence-corrected chi connectivity index (χ0v) is 9.27. The number of aromatic nitrogens is 1. The van der Waals surface area contributed by atoms with Crippen LogP contribution in [0.2, 0.25) is 0 Å². The number of aldehydes is 1. The Kier molecular flexibility index (Phi) is 2.64. The molecule has 0 spiro atoms. The van der Waals surface area contributed by atoms with Crippen LogP contribution < -0.4 is 5.63 Å². The molecule has 0 saturated carbocycles. The van der Waals surface area contributed by atoms with E-state index in [0.717, 1.165) is 11.8 Å². The fourth-order valence-corrected chi connectivity index (χ4v) is 1.67. The van der Waals surface area contributed by atoms with E-state index in [1.54, 1.807) is 22.9 Å². The van der Waals surface area contributed by atoms with Crippen LogP contribution in [-0.2, 0) is 6.54 Å². The van der Waals surface area contributed by atoms with Crippen LogP contribution in [-0.4, -0.2) is 11.0 Å². The van der Waals surface area contributed by atoms with Crippen molar-refractivity contribution in [3.05, 3.63) is 34.2 Å². The Labute approximate surface area is 92.4 Å². The Morgan fingerprint density at radius 2 is 2.19 bits per heavy atom. The maximum absolute atomic E-state index is 11.5. The van der Waals surface area contributed by atoms with Crippen molar-refractivity contribution in [3.63, 3.8) is 0 Å². The number of benzene rings is 1. The van der Waals surface area contributed by atoms with Crippen molar-refractivity contribution < 1.29 is 9.32 Å². The van der Waals surface area contributed by atoms with Crippen LogP contribution in [0.4, 0.5) is 0 Å². The minimum atomic E-state index is -0.389. The summed E-state index contributed by atoms with van der Waals surface area (Å²) < 4.78 is 6.70. The number of rotatable bonds is 3. The predicted molar refractivity (Wildman–Crippen MR) is 60.7 cm³/mol.